The van der Waals surface area contributed by atoms with E-state index in [4.69, 9.17) is 18.9 Å². The summed E-state index contributed by atoms with van der Waals surface area (Å²) in [5, 5.41) is 0. The van der Waals surface area contributed by atoms with Crippen molar-refractivity contribution in [3.05, 3.63) is 12.2 Å². The van der Waals surface area contributed by atoms with Crippen molar-refractivity contribution in [2.24, 2.45) is 28.6 Å². The molecule has 0 aromatic rings. The minimum absolute atomic E-state index is 0.234. The van der Waals surface area contributed by atoms with Crippen LogP contribution < -0.4 is 0 Å². The first-order valence-electron chi connectivity index (χ1n) is 12.1. The fourth-order valence-corrected chi connectivity index (χ4v) is 7.37. The standard InChI is InChI=1S/C25H40O5/c1-5-27-16-29-19-9-12-23(3)18(15-19)7-8-21-20(23)10-13-24(4)22(26)11-14-25(21,24)30-17-28-6-2/h11,14,18-21H,5-10,12-13,15-17H2,1-4H3/t18-,19+,20+,21-,23+,24-,25+/m1/s1. The summed E-state index contributed by atoms with van der Waals surface area (Å²) in [7, 11) is 0. The first kappa shape index (κ1) is 22.4. The predicted octanol–water partition coefficient (Wildman–Crippen LogP) is 4.89. The van der Waals surface area contributed by atoms with E-state index in [9.17, 15) is 4.79 Å². The van der Waals surface area contributed by atoms with E-state index in [2.05, 4.69) is 19.9 Å². The fraction of sp³-hybridized carbons (Fsp3) is 0.880. The van der Waals surface area contributed by atoms with Gasteiger partial charge >= 0.3 is 0 Å². The van der Waals surface area contributed by atoms with Crippen LogP contribution in [0.4, 0.5) is 0 Å². The van der Waals surface area contributed by atoms with Crippen LogP contribution in [0.2, 0.25) is 0 Å². The first-order chi connectivity index (χ1) is 14.4. The van der Waals surface area contributed by atoms with Crippen molar-refractivity contribution in [2.45, 2.75) is 84.3 Å². The second-order valence-corrected chi connectivity index (χ2v) is 10.3. The molecule has 30 heavy (non-hydrogen) atoms. The monoisotopic (exact) mass is 420 g/mol. The maximum Gasteiger partial charge on any atom is 0.164 e. The molecule has 4 rings (SSSR count). The van der Waals surface area contributed by atoms with E-state index < -0.39 is 11.0 Å². The summed E-state index contributed by atoms with van der Waals surface area (Å²) in [6.45, 7) is 10.6. The lowest BCUT2D eigenvalue weighted by Crippen LogP contribution is -2.63. The Labute approximate surface area is 181 Å². The van der Waals surface area contributed by atoms with Crippen LogP contribution in [0.3, 0.4) is 0 Å². The van der Waals surface area contributed by atoms with E-state index in [1.807, 2.05) is 13.8 Å². The number of ketones is 1. The highest BCUT2D eigenvalue weighted by Crippen LogP contribution is 2.66. The Kier molecular flexibility index (Phi) is 6.47. The zero-order valence-corrected chi connectivity index (χ0v) is 19.3. The third kappa shape index (κ3) is 3.41. The molecule has 5 heteroatoms. The minimum atomic E-state index is -0.515. The van der Waals surface area contributed by atoms with Crippen LogP contribution in [-0.4, -0.2) is 44.3 Å². The topological polar surface area (TPSA) is 54.0 Å². The average Bonchev–Trinajstić information content (AvgIpc) is 3.00. The van der Waals surface area contributed by atoms with Crippen LogP contribution in [0.1, 0.15) is 72.6 Å². The lowest BCUT2D eigenvalue weighted by Gasteiger charge is -2.63. The lowest BCUT2D eigenvalue weighted by atomic mass is 9.44. The van der Waals surface area contributed by atoms with Crippen molar-refractivity contribution < 1.29 is 23.7 Å². The molecule has 0 N–H and O–H groups in total. The summed E-state index contributed by atoms with van der Waals surface area (Å²) < 4.78 is 23.6. The molecule has 5 nitrogen and oxygen atoms in total. The molecule has 0 unspecified atom stereocenters. The molecule has 0 aliphatic heterocycles. The Morgan fingerprint density at radius 3 is 2.50 bits per heavy atom. The maximum absolute atomic E-state index is 12.9. The lowest BCUT2D eigenvalue weighted by molar-refractivity contribution is -0.237. The average molecular weight is 421 g/mol. The summed E-state index contributed by atoms with van der Waals surface area (Å²) in [5.41, 5.74) is -0.679. The SMILES string of the molecule is CCOCO[C@H]1CC[C@@]2(C)[C@H](CC[C@@H]3[C@@H]2CC[C@]2(C)C(=O)C=C[C@]32OCOCC)C1. The summed E-state index contributed by atoms with van der Waals surface area (Å²) in [6, 6.07) is 0. The van der Waals surface area contributed by atoms with Gasteiger partial charge in [-0.25, -0.2) is 0 Å². The largest absolute Gasteiger partial charge is 0.356 e. The molecule has 0 radical (unpaired) electrons. The third-order valence-corrected chi connectivity index (χ3v) is 9.22. The van der Waals surface area contributed by atoms with E-state index in [1.165, 1.54) is 12.8 Å². The highest BCUT2D eigenvalue weighted by molar-refractivity contribution is 5.99. The zero-order valence-electron chi connectivity index (χ0n) is 19.3. The van der Waals surface area contributed by atoms with E-state index in [1.54, 1.807) is 6.08 Å². The van der Waals surface area contributed by atoms with Crippen LogP contribution in [0.25, 0.3) is 0 Å². The molecule has 0 heterocycles. The van der Waals surface area contributed by atoms with Gasteiger partial charge in [-0.15, -0.1) is 0 Å². The number of ether oxygens (including phenoxy) is 4. The molecule has 3 saturated carbocycles. The number of carbonyl (C=O) groups is 1. The number of hydrogen-bond acceptors (Lipinski definition) is 5. The van der Waals surface area contributed by atoms with Gasteiger partial charge in [0, 0.05) is 13.2 Å². The molecule has 0 amide bonds. The molecule has 0 bridgehead atoms. The highest BCUT2D eigenvalue weighted by atomic mass is 16.7. The second kappa shape index (κ2) is 8.65. The summed E-state index contributed by atoms with van der Waals surface area (Å²) in [4.78, 5) is 12.9. The van der Waals surface area contributed by atoms with Gasteiger partial charge in [0.25, 0.3) is 0 Å². The molecule has 0 aromatic carbocycles. The molecular formula is C25H40O5. The Hall–Kier alpha value is -0.750. The van der Waals surface area contributed by atoms with Gasteiger partial charge in [-0.3, -0.25) is 4.79 Å². The van der Waals surface area contributed by atoms with Crippen molar-refractivity contribution in [1.29, 1.82) is 0 Å². The molecule has 0 saturated heterocycles. The van der Waals surface area contributed by atoms with Gasteiger partial charge in [0.05, 0.1) is 11.5 Å². The quantitative estimate of drug-likeness (QED) is 0.413. The van der Waals surface area contributed by atoms with Gasteiger partial charge in [0.2, 0.25) is 0 Å². The maximum atomic E-state index is 12.9. The van der Waals surface area contributed by atoms with Crippen molar-refractivity contribution in [3.63, 3.8) is 0 Å². The van der Waals surface area contributed by atoms with Crippen molar-refractivity contribution in [3.8, 4) is 0 Å². The summed E-state index contributed by atoms with van der Waals surface area (Å²) in [6.07, 6.45) is 11.9. The molecular weight excluding hydrogens is 380 g/mol. The number of carbonyl (C=O) groups excluding carboxylic acids is 1. The van der Waals surface area contributed by atoms with Crippen LogP contribution in [0.5, 0.6) is 0 Å². The van der Waals surface area contributed by atoms with E-state index in [0.29, 0.717) is 43.9 Å². The summed E-state index contributed by atoms with van der Waals surface area (Å²) >= 11 is 0. The van der Waals surface area contributed by atoms with Crippen LogP contribution in [0, 0.1) is 28.6 Å². The fourth-order valence-electron chi connectivity index (χ4n) is 7.37. The molecule has 3 fully saturated rings. The Balaban J connectivity index is 1.55. The van der Waals surface area contributed by atoms with Gasteiger partial charge in [-0.05, 0) is 101 Å². The van der Waals surface area contributed by atoms with Gasteiger partial charge < -0.3 is 18.9 Å². The van der Waals surface area contributed by atoms with Crippen LogP contribution in [0.15, 0.2) is 12.2 Å². The van der Waals surface area contributed by atoms with Gasteiger partial charge in [0.1, 0.15) is 19.2 Å². The molecule has 4 aliphatic carbocycles. The molecule has 170 valence electrons. The van der Waals surface area contributed by atoms with Gasteiger partial charge in [-0.1, -0.05) is 6.92 Å². The van der Waals surface area contributed by atoms with Gasteiger partial charge in [0.15, 0.2) is 5.78 Å². The number of hydrogen-bond donors (Lipinski definition) is 0. The Morgan fingerprint density at radius 1 is 0.967 bits per heavy atom. The third-order valence-electron chi connectivity index (χ3n) is 9.22. The normalized spacial score (nSPS) is 45.1. The zero-order chi connectivity index (χ0) is 21.4. The molecule has 7 atom stereocenters. The van der Waals surface area contributed by atoms with E-state index >= 15 is 0 Å². The Bertz CT molecular complexity index is 662. The smallest absolute Gasteiger partial charge is 0.164 e. The van der Waals surface area contributed by atoms with Crippen molar-refractivity contribution >= 4 is 5.78 Å². The van der Waals surface area contributed by atoms with Crippen molar-refractivity contribution in [1.82, 2.24) is 0 Å². The van der Waals surface area contributed by atoms with Crippen LogP contribution >= 0.6 is 0 Å². The highest BCUT2D eigenvalue weighted by Gasteiger charge is 2.67. The van der Waals surface area contributed by atoms with Gasteiger partial charge in [-0.2, -0.15) is 0 Å². The predicted molar refractivity (Wildman–Crippen MR) is 115 cm³/mol. The van der Waals surface area contributed by atoms with Crippen LogP contribution in [-0.2, 0) is 23.7 Å². The van der Waals surface area contributed by atoms with Crippen molar-refractivity contribution in [2.75, 3.05) is 26.8 Å². The first-order valence-corrected chi connectivity index (χ1v) is 12.1. The second-order valence-electron chi connectivity index (χ2n) is 10.3. The number of fused-ring (bicyclic) bond motifs is 5. The van der Waals surface area contributed by atoms with E-state index in [0.717, 1.165) is 32.1 Å². The Morgan fingerprint density at radius 2 is 1.73 bits per heavy atom. The number of allylic oxidation sites excluding steroid dienone is 1. The summed E-state index contributed by atoms with van der Waals surface area (Å²) in [5.74, 6) is 1.86. The molecule has 4 aliphatic rings. The molecule has 0 spiro atoms. The van der Waals surface area contributed by atoms with E-state index in [-0.39, 0.29) is 18.0 Å². The number of rotatable bonds is 8. The minimum Gasteiger partial charge on any atom is -0.356 e. The molecule has 0 aromatic heterocycles.